The van der Waals surface area contributed by atoms with Crippen LogP contribution in [0.3, 0.4) is 0 Å². The van der Waals surface area contributed by atoms with Crippen molar-refractivity contribution >= 4 is 0 Å². The summed E-state index contributed by atoms with van der Waals surface area (Å²) in [6.07, 6.45) is 0.343. The quantitative estimate of drug-likeness (QED) is 0.524. The Hall–Kier alpha value is -0.160. The number of aliphatic hydroxyl groups excluding tert-OH is 1. The van der Waals surface area contributed by atoms with Crippen LogP contribution in [0.2, 0.25) is 0 Å². The summed E-state index contributed by atoms with van der Waals surface area (Å²) in [5, 5.41) is 17.8. The van der Waals surface area contributed by atoms with Crippen molar-refractivity contribution in [3.05, 3.63) is 0 Å². The molecule has 0 aliphatic carbocycles. The SMILES string of the molecule is CC1(O)OCCC(CO)O1. The van der Waals surface area contributed by atoms with E-state index in [1.807, 2.05) is 0 Å². The molecule has 1 aliphatic rings. The molecule has 0 radical (unpaired) electrons. The highest BCUT2D eigenvalue weighted by Crippen LogP contribution is 2.18. The fraction of sp³-hybridized carbons (Fsp3) is 1.00. The third-order valence-corrected chi connectivity index (χ3v) is 1.40. The molecule has 0 aromatic heterocycles. The van der Waals surface area contributed by atoms with Crippen LogP contribution in [0.25, 0.3) is 0 Å². The Labute approximate surface area is 59.4 Å². The maximum Gasteiger partial charge on any atom is 0.277 e. The molecular formula is C6H12O4. The van der Waals surface area contributed by atoms with E-state index >= 15 is 0 Å². The summed E-state index contributed by atoms with van der Waals surface area (Å²) in [6.45, 7) is 1.77. The Morgan fingerprint density at radius 3 is 2.80 bits per heavy atom. The summed E-state index contributed by atoms with van der Waals surface area (Å²) in [5.41, 5.74) is 0. The summed E-state index contributed by atoms with van der Waals surface area (Å²) in [5.74, 6) is -1.51. The van der Waals surface area contributed by atoms with Gasteiger partial charge in [0.2, 0.25) is 0 Å². The predicted molar refractivity (Wildman–Crippen MR) is 33.2 cm³/mol. The van der Waals surface area contributed by atoms with Crippen molar-refractivity contribution in [2.45, 2.75) is 25.4 Å². The lowest BCUT2D eigenvalue weighted by Crippen LogP contribution is -2.43. The normalized spacial score (nSPS) is 41.7. The van der Waals surface area contributed by atoms with Gasteiger partial charge in [-0.3, -0.25) is 0 Å². The van der Waals surface area contributed by atoms with Gasteiger partial charge in [0.15, 0.2) is 0 Å². The monoisotopic (exact) mass is 148 g/mol. The highest BCUT2D eigenvalue weighted by molar-refractivity contribution is 4.63. The lowest BCUT2D eigenvalue weighted by Gasteiger charge is -2.33. The van der Waals surface area contributed by atoms with E-state index in [2.05, 4.69) is 0 Å². The largest absolute Gasteiger partial charge is 0.394 e. The minimum atomic E-state index is -1.51. The zero-order valence-corrected chi connectivity index (χ0v) is 5.91. The van der Waals surface area contributed by atoms with Crippen LogP contribution in [0.5, 0.6) is 0 Å². The number of ether oxygens (including phenoxy) is 2. The molecule has 1 saturated heterocycles. The van der Waals surface area contributed by atoms with Gasteiger partial charge in [-0.2, -0.15) is 0 Å². The van der Waals surface area contributed by atoms with Crippen LogP contribution in [0.4, 0.5) is 0 Å². The fourth-order valence-electron chi connectivity index (χ4n) is 0.910. The van der Waals surface area contributed by atoms with E-state index in [1.54, 1.807) is 0 Å². The first-order valence-corrected chi connectivity index (χ1v) is 3.29. The third kappa shape index (κ3) is 1.91. The zero-order chi connectivity index (χ0) is 7.61. The van der Waals surface area contributed by atoms with Crippen molar-refractivity contribution < 1.29 is 19.7 Å². The molecule has 0 spiro atoms. The van der Waals surface area contributed by atoms with Crippen LogP contribution < -0.4 is 0 Å². The van der Waals surface area contributed by atoms with E-state index in [9.17, 15) is 0 Å². The molecule has 2 atom stereocenters. The van der Waals surface area contributed by atoms with Gasteiger partial charge in [0.25, 0.3) is 5.97 Å². The van der Waals surface area contributed by atoms with E-state index in [0.717, 1.165) is 0 Å². The molecule has 1 heterocycles. The van der Waals surface area contributed by atoms with Crippen LogP contribution in [0.15, 0.2) is 0 Å². The minimum Gasteiger partial charge on any atom is -0.394 e. The van der Waals surface area contributed by atoms with Gasteiger partial charge in [0, 0.05) is 6.92 Å². The number of hydrogen-bond acceptors (Lipinski definition) is 4. The molecule has 1 rings (SSSR count). The van der Waals surface area contributed by atoms with E-state index in [1.165, 1.54) is 6.92 Å². The van der Waals surface area contributed by atoms with Crippen molar-refractivity contribution in [3.8, 4) is 0 Å². The second-order valence-corrected chi connectivity index (χ2v) is 2.46. The van der Waals surface area contributed by atoms with Gasteiger partial charge in [-0.1, -0.05) is 0 Å². The lowest BCUT2D eigenvalue weighted by atomic mass is 10.2. The van der Waals surface area contributed by atoms with Crippen molar-refractivity contribution in [1.82, 2.24) is 0 Å². The maximum absolute atomic E-state index is 9.12. The van der Waals surface area contributed by atoms with Crippen LogP contribution >= 0.6 is 0 Å². The minimum absolute atomic E-state index is 0.0699. The molecular weight excluding hydrogens is 136 g/mol. The zero-order valence-electron chi connectivity index (χ0n) is 5.91. The van der Waals surface area contributed by atoms with Gasteiger partial charge >= 0.3 is 0 Å². The van der Waals surface area contributed by atoms with Gasteiger partial charge < -0.3 is 19.7 Å². The summed E-state index contributed by atoms with van der Waals surface area (Å²) in [7, 11) is 0. The molecule has 1 fully saturated rings. The Balaban J connectivity index is 2.40. The summed E-state index contributed by atoms with van der Waals surface area (Å²) in [6, 6.07) is 0. The lowest BCUT2D eigenvalue weighted by molar-refractivity contribution is -0.390. The first-order valence-electron chi connectivity index (χ1n) is 3.29. The number of aliphatic hydroxyl groups is 2. The predicted octanol–water partition coefficient (Wildman–Crippen LogP) is -0.550. The summed E-state index contributed by atoms with van der Waals surface area (Å²) < 4.78 is 9.73. The Bertz CT molecular complexity index is 112. The number of hydrogen-bond donors (Lipinski definition) is 2. The van der Waals surface area contributed by atoms with E-state index in [4.69, 9.17) is 19.7 Å². The molecule has 60 valence electrons. The third-order valence-electron chi connectivity index (χ3n) is 1.40. The first-order chi connectivity index (χ1) is 4.64. The van der Waals surface area contributed by atoms with E-state index < -0.39 is 5.97 Å². The number of rotatable bonds is 1. The van der Waals surface area contributed by atoms with Crippen LogP contribution in [-0.4, -0.2) is 35.5 Å². The fourth-order valence-corrected chi connectivity index (χ4v) is 0.910. The molecule has 2 unspecified atom stereocenters. The van der Waals surface area contributed by atoms with Crippen LogP contribution in [0.1, 0.15) is 13.3 Å². The van der Waals surface area contributed by atoms with Crippen molar-refractivity contribution in [1.29, 1.82) is 0 Å². The van der Waals surface area contributed by atoms with Crippen LogP contribution in [0, 0.1) is 0 Å². The molecule has 0 bridgehead atoms. The van der Waals surface area contributed by atoms with Gasteiger partial charge in [-0.05, 0) is 6.42 Å². The van der Waals surface area contributed by atoms with E-state index in [0.29, 0.717) is 13.0 Å². The Morgan fingerprint density at radius 2 is 2.40 bits per heavy atom. The van der Waals surface area contributed by atoms with Gasteiger partial charge in [0.1, 0.15) is 0 Å². The smallest absolute Gasteiger partial charge is 0.277 e. The van der Waals surface area contributed by atoms with Crippen LogP contribution in [-0.2, 0) is 9.47 Å². The van der Waals surface area contributed by atoms with Crippen molar-refractivity contribution in [3.63, 3.8) is 0 Å². The van der Waals surface area contributed by atoms with Gasteiger partial charge in [0.05, 0.1) is 19.3 Å². The molecule has 1 aliphatic heterocycles. The van der Waals surface area contributed by atoms with E-state index in [-0.39, 0.29) is 12.7 Å². The maximum atomic E-state index is 9.12. The molecule has 10 heavy (non-hydrogen) atoms. The molecule has 0 aromatic rings. The molecule has 0 amide bonds. The molecule has 4 heteroatoms. The van der Waals surface area contributed by atoms with Crippen molar-refractivity contribution in [2.75, 3.05) is 13.2 Å². The molecule has 0 saturated carbocycles. The Kier molecular flexibility index (Phi) is 2.25. The average Bonchev–Trinajstić information content (AvgIpc) is 1.86. The van der Waals surface area contributed by atoms with Gasteiger partial charge in [-0.25, -0.2) is 0 Å². The molecule has 0 aromatic carbocycles. The first kappa shape index (κ1) is 7.94. The van der Waals surface area contributed by atoms with Gasteiger partial charge in [-0.15, -0.1) is 0 Å². The second-order valence-electron chi connectivity index (χ2n) is 2.46. The molecule has 4 nitrogen and oxygen atoms in total. The average molecular weight is 148 g/mol. The standard InChI is InChI=1S/C6H12O4/c1-6(8)9-3-2-5(4-7)10-6/h5,7-8H,2-4H2,1H3. The van der Waals surface area contributed by atoms with Crippen molar-refractivity contribution in [2.24, 2.45) is 0 Å². The highest BCUT2D eigenvalue weighted by atomic mass is 16.8. The summed E-state index contributed by atoms with van der Waals surface area (Å²) >= 11 is 0. The summed E-state index contributed by atoms with van der Waals surface area (Å²) in [4.78, 5) is 0. The second kappa shape index (κ2) is 2.84. The molecule has 2 N–H and O–H groups in total. The highest BCUT2D eigenvalue weighted by Gasteiger charge is 2.30. The Morgan fingerprint density at radius 1 is 1.70 bits per heavy atom. The topological polar surface area (TPSA) is 58.9 Å².